The first-order valence-corrected chi connectivity index (χ1v) is 5.61. The van der Waals surface area contributed by atoms with Crippen LogP contribution in [-0.4, -0.2) is 16.2 Å². The van der Waals surface area contributed by atoms with E-state index in [1.807, 2.05) is 0 Å². The van der Waals surface area contributed by atoms with E-state index in [9.17, 15) is 19.4 Å². The third-order valence-electron chi connectivity index (χ3n) is 2.67. The largest absolute Gasteiger partial charge is 0.503 e. The van der Waals surface area contributed by atoms with Crippen molar-refractivity contribution < 1.29 is 19.4 Å². The summed E-state index contributed by atoms with van der Waals surface area (Å²) in [6.07, 6.45) is 0. The highest BCUT2D eigenvalue weighted by molar-refractivity contribution is 5.80. The van der Waals surface area contributed by atoms with E-state index in [1.165, 1.54) is 12.1 Å². The highest BCUT2D eigenvalue weighted by Crippen LogP contribution is 2.29. The quantitative estimate of drug-likeness (QED) is 0.740. The number of carboxylic acid groups (broad SMARTS) is 1. The molecule has 98 valence electrons. The number of nitrogens with one attached hydrogen (secondary N) is 1. The molecule has 1 atom stereocenters. The number of carboxylic acids is 1. The van der Waals surface area contributed by atoms with Gasteiger partial charge in [0, 0.05) is 0 Å². The fourth-order valence-electron chi connectivity index (χ4n) is 1.72. The average molecular weight is 261 g/mol. The molecule has 0 amide bonds. The molecule has 0 aliphatic heterocycles. The van der Waals surface area contributed by atoms with Crippen LogP contribution in [0.2, 0.25) is 0 Å². The minimum atomic E-state index is -1.12. The predicted octanol–water partition coefficient (Wildman–Crippen LogP) is 2.77. The van der Waals surface area contributed by atoms with Gasteiger partial charge in [-0.15, -0.1) is 0 Å². The summed E-state index contributed by atoms with van der Waals surface area (Å²) in [4.78, 5) is 11.3. The van der Waals surface area contributed by atoms with Crippen LogP contribution in [-0.2, 0) is 4.79 Å². The minimum absolute atomic E-state index is 0.0382. The molecule has 0 radical (unpaired) electrons. The zero-order chi connectivity index (χ0) is 13.8. The molecule has 0 aliphatic rings. The number of aliphatic carboxylic acids is 1. The number of para-hydroxylation sites is 1. The fourth-order valence-corrected chi connectivity index (χ4v) is 1.72. The standard InChI is InChI=1S/C14H12FNO3/c15-10-7-4-8-11(13(10)17)16-12(14(18)19)9-5-2-1-3-6-9/h1-8,12,16-17H,(H,18,19). The number of phenols is 1. The van der Waals surface area contributed by atoms with E-state index in [-0.39, 0.29) is 5.69 Å². The van der Waals surface area contributed by atoms with Crippen LogP contribution in [0, 0.1) is 5.82 Å². The van der Waals surface area contributed by atoms with Crippen molar-refractivity contribution in [2.45, 2.75) is 6.04 Å². The Morgan fingerprint density at radius 1 is 1.11 bits per heavy atom. The lowest BCUT2D eigenvalue weighted by atomic mass is 10.1. The Balaban J connectivity index is 2.32. The first-order chi connectivity index (χ1) is 9.09. The van der Waals surface area contributed by atoms with Crippen molar-refractivity contribution in [1.82, 2.24) is 0 Å². The van der Waals surface area contributed by atoms with Crippen LogP contribution in [0.3, 0.4) is 0 Å². The van der Waals surface area contributed by atoms with Crippen molar-refractivity contribution in [2.75, 3.05) is 5.32 Å². The van der Waals surface area contributed by atoms with E-state index >= 15 is 0 Å². The fraction of sp³-hybridized carbons (Fsp3) is 0.0714. The molecule has 1 unspecified atom stereocenters. The third-order valence-corrected chi connectivity index (χ3v) is 2.67. The molecule has 2 aromatic carbocycles. The summed E-state index contributed by atoms with van der Waals surface area (Å²) in [5.74, 6) is -2.51. The van der Waals surface area contributed by atoms with Crippen LogP contribution in [0.4, 0.5) is 10.1 Å². The van der Waals surface area contributed by atoms with Crippen LogP contribution < -0.4 is 5.32 Å². The van der Waals surface area contributed by atoms with Gasteiger partial charge in [-0.3, -0.25) is 0 Å². The molecule has 2 rings (SSSR count). The van der Waals surface area contributed by atoms with Crippen molar-refractivity contribution in [3.63, 3.8) is 0 Å². The predicted molar refractivity (Wildman–Crippen MR) is 68.5 cm³/mol. The first kappa shape index (κ1) is 12.9. The molecule has 0 saturated carbocycles. The Kier molecular flexibility index (Phi) is 3.66. The van der Waals surface area contributed by atoms with Gasteiger partial charge in [0.2, 0.25) is 0 Å². The zero-order valence-electron chi connectivity index (χ0n) is 9.88. The molecule has 0 fully saturated rings. The number of aromatic hydroxyl groups is 1. The summed E-state index contributed by atoms with van der Waals surface area (Å²) in [5, 5.41) is 21.4. The minimum Gasteiger partial charge on any atom is -0.503 e. The molecule has 0 spiro atoms. The van der Waals surface area contributed by atoms with E-state index < -0.39 is 23.6 Å². The second-order valence-electron chi connectivity index (χ2n) is 3.96. The Morgan fingerprint density at radius 2 is 1.79 bits per heavy atom. The smallest absolute Gasteiger partial charge is 0.330 e. The highest BCUT2D eigenvalue weighted by atomic mass is 19.1. The van der Waals surface area contributed by atoms with Gasteiger partial charge in [0.15, 0.2) is 17.6 Å². The second-order valence-corrected chi connectivity index (χ2v) is 3.96. The van der Waals surface area contributed by atoms with Crippen LogP contribution >= 0.6 is 0 Å². The molecule has 2 aromatic rings. The Morgan fingerprint density at radius 3 is 2.42 bits per heavy atom. The maximum absolute atomic E-state index is 13.2. The topological polar surface area (TPSA) is 69.6 Å². The lowest BCUT2D eigenvalue weighted by molar-refractivity contribution is -0.138. The van der Waals surface area contributed by atoms with Gasteiger partial charge in [0.25, 0.3) is 0 Å². The SMILES string of the molecule is O=C(O)C(Nc1cccc(F)c1O)c1ccccc1. The highest BCUT2D eigenvalue weighted by Gasteiger charge is 2.21. The number of carbonyl (C=O) groups is 1. The van der Waals surface area contributed by atoms with Gasteiger partial charge in [0.1, 0.15) is 0 Å². The van der Waals surface area contributed by atoms with Crippen molar-refractivity contribution in [3.8, 4) is 5.75 Å². The molecule has 0 heterocycles. The molecular formula is C14H12FNO3. The van der Waals surface area contributed by atoms with Gasteiger partial charge in [0.05, 0.1) is 5.69 Å². The van der Waals surface area contributed by atoms with Crippen LogP contribution in [0.15, 0.2) is 48.5 Å². The van der Waals surface area contributed by atoms with Gasteiger partial charge in [-0.25, -0.2) is 9.18 Å². The van der Waals surface area contributed by atoms with Gasteiger partial charge >= 0.3 is 5.97 Å². The van der Waals surface area contributed by atoms with Gasteiger partial charge in [-0.2, -0.15) is 0 Å². The normalized spacial score (nSPS) is 11.8. The Labute approximate surface area is 109 Å². The third kappa shape index (κ3) is 2.82. The summed E-state index contributed by atoms with van der Waals surface area (Å²) in [5.41, 5.74) is 0.551. The molecule has 3 N–H and O–H groups in total. The lowest BCUT2D eigenvalue weighted by Crippen LogP contribution is -2.20. The summed E-state index contributed by atoms with van der Waals surface area (Å²) in [7, 11) is 0. The summed E-state index contributed by atoms with van der Waals surface area (Å²) >= 11 is 0. The maximum Gasteiger partial charge on any atom is 0.330 e. The zero-order valence-corrected chi connectivity index (χ0v) is 9.88. The van der Waals surface area contributed by atoms with Crippen molar-refractivity contribution in [3.05, 3.63) is 59.9 Å². The van der Waals surface area contributed by atoms with Gasteiger partial charge in [-0.05, 0) is 17.7 Å². The lowest BCUT2D eigenvalue weighted by Gasteiger charge is -2.17. The molecule has 0 aromatic heterocycles. The van der Waals surface area contributed by atoms with E-state index in [2.05, 4.69) is 5.32 Å². The van der Waals surface area contributed by atoms with Crippen molar-refractivity contribution in [2.24, 2.45) is 0 Å². The Bertz CT molecular complexity index is 586. The second kappa shape index (κ2) is 5.39. The summed E-state index contributed by atoms with van der Waals surface area (Å²) < 4.78 is 13.2. The van der Waals surface area contributed by atoms with Crippen LogP contribution in [0.5, 0.6) is 5.75 Å². The summed E-state index contributed by atoms with van der Waals surface area (Å²) in [6, 6.07) is 11.3. The monoisotopic (exact) mass is 261 g/mol. The summed E-state index contributed by atoms with van der Waals surface area (Å²) in [6.45, 7) is 0. The number of hydrogen-bond donors (Lipinski definition) is 3. The molecule has 4 nitrogen and oxygen atoms in total. The molecule has 0 saturated heterocycles. The van der Waals surface area contributed by atoms with Crippen LogP contribution in [0.25, 0.3) is 0 Å². The van der Waals surface area contributed by atoms with E-state index in [1.54, 1.807) is 30.3 Å². The molecular weight excluding hydrogens is 249 g/mol. The number of phenolic OH excluding ortho intramolecular Hbond substituents is 1. The maximum atomic E-state index is 13.2. The average Bonchev–Trinajstić information content (AvgIpc) is 2.41. The number of halogens is 1. The number of anilines is 1. The van der Waals surface area contributed by atoms with E-state index in [0.29, 0.717) is 5.56 Å². The molecule has 0 aliphatic carbocycles. The van der Waals surface area contributed by atoms with Gasteiger partial charge in [-0.1, -0.05) is 36.4 Å². The number of hydrogen-bond acceptors (Lipinski definition) is 3. The number of benzene rings is 2. The van der Waals surface area contributed by atoms with Gasteiger partial charge < -0.3 is 15.5 Å². The van der Waals surface area contributed by atoms with Crippen molar-refractivity contribution >= 4 is 11.7 Å². The first-order valence-electron chi connectivity index (χ1n) is 5.61. The van der Waals surface area contributed by atoms with Crippen LogP contribution in [0.1, 0.15) is 11.6 Å². The molecule has 5 heteroatoms. The van der Waals surface area contributed by atoms with Crippen molar-refractivity contribution in [1.29, 1.82) is 0 Å². The van der Waals surface area contributed by atoms with E-state index in [4.69, 9.17) is 0 Å². The Hall–Kier alpha value is -2.56. The van der Waals surface area contributed by atoms with E-state index in [0.717, 1.165) is 6.07 Å². The molecule has 19 heavy (non-hydrogen) atoms. The molecule has 0 bridgehead atoms. The number of rotatable bonds is 4.